The zero-order valence-corrected chi connectivity index (χ0v) is 16.2. The minimum Gasteiger partial charge on any atom is -0.495 e. The first-order valence-corrected chi connectivity index (χ1v) is 9.73. The molecule has 0 unspecified atom stereocenters. The highest BCUT2D eigenvalue weighted by Gasteiger charge is 2.15. The second-order valence-electron chi connectivity index (χ2n) is 6.87. The summed E-state index contributed by atoms with van der Waals surface area (Å²) < 4.78 is 5.17. The number of methoxy groups -OCH3 is 1. The molecule has 0 radical (unpaired) electrons. The zero-order chi connectivity index (χ0) is 19.8. The third kappa shape index (κ3) is 5.25. The number of benzene rings is 2. The van der Waals surface area contributed by atoms with Crippen molar-refractivity contribution in [2.75, 3.05) is 37.0 Å². The van der Waals surface area contributed by atoms with Gasteiger partial charge in [0.2, 0.25) is 0 Å². The minimum absolute atomic E-state index is 0.404. The fourth-order valence-electron chi connectivity index (χ4n) is 3.35. The number of hydrogen-bond acceptors (Lipinski definition) is 4. The number of para-hydroxylation sites is 2. The van der Waals surface area contributed by atoms with E-state index in [9.17, 15) is 9.59 Å². The van der Waals surface area contributed by atoms with E-state index in [1.54, 1.807) is 24.3 Å². The van der Waals surface area contributed by atoms with Crippen LogP contribution in [0.1, 0.15) is 24.8 Å². The molecule has 6 heteroatoms. The third-order valence-electron chi connectivity index (χ3n) is 4.92. The van der Waals surface area contributed by atoms with Crippen molar-refractivity contribution in [3.8, 4) is 5.75 Å². The van der Waals surface area contributed by atoms with Gasteiger partial charge in [-0.2, -0.15) is 0 Å². The number of hydrogen-bond donors (Lipinski definition) is 2. The quantitative estimate of drug-likeness (QED) is 0.755. The van der Waals surface area contributed by atoms with Gasteiger partial charge in [-0.3, -0.25) is 9.59 Å². The maximum absolute atomic E-state index is 12.1. The molecule has 1 heterocycles. The molecule has 1 fully saturated rings. The predicted molar refractivity (Wildman–Crippen MR) is 111 cm³/mol. The molecule has 2 amide bonds. The molecule has 2 aromatic rings. The minimum atomic E-state index is -0.704. The van der Waals surface area contributed by atoms with Gasteiger partial charge in [-0.1, -0.05) is 24.3 Å². The molecule has 1 aliphatic heterocycles. The van der Waals surface area contributed by atoms with Crippen molar-refractivity contribution in [2.24, 2.45) is 0 Å². The van der Waals surface area contributed by atoms with Crippen molar-refractivity contribution in [1.29, 1.82) is 0 Å². The van der Waals surface area contributed by atoms with Crippen molar-refractivity contribution >= 4 is 23.2 Å². The Morgan fingerprint density at radius 3 is 2.39 bits per heavy atom. The number of piperidine rings is 1. The van der Waals surface area contributed by atoms with E-state index in [0.29, 0.717) is 24.4 Å². The predicted octanol–water partition coefficient (Wildman–Crippen LogP) is 2.98. The van der Waals surface area contributed by atoms with Gasteiger partial charge in [0.15, 0.2) is 0 Å². The Bertz CT molecular complexity index is 799. The van der Waals surface area contributed by atoms with E-state index in [0.717, 1.165) is 18.7 Å². The van der Waals surface area contributed by atoms with Gasteiger partial charge in [-0.05, 0) is 55.5 Å². The Morgan fingerprint density at radius 1 is 0.964 bits per heavy atom. The van der Waals surface area contributed by atoms with Gasteiger partial charge >= 0.3 is 11.8 Å². The fraction of sp³-hybridized carbons (Fsp3) is 0.364. The van der Waals surface area contributed by atoms with Crippen LogP contribution in [0.25, 0.3) is 0 Å². The van der Waals surface area contributed by atoms with Crippen LogP contribution in [-0.4, -0.2) is 38.6 Å². The first-order chi connectivity index (χ1) is 13.7. The molecule has 0 bridgehead atoms. The lowest BCUT2D eigenvalue weighted by atomic mass is 10.1. The molecule has 6 nitrogen and oxygen atoms in total. The van der Waals surface area contributed by atoms with Crippen molar-refractivity contribution < 1.29 is 14.3 Å². The lowest BCUT2D eigenvalue weighted by molar-refractivity contribution is -0.136. The summed E-state index contributed by atoms with van der Waals surface area (Å²) in [4.78, 5) is 26.5. The van der Waals surface area contributed by atoms with Crippen LogP contribution in [-0.2, 0) is 16.0 Å². The van der Waals surface area contributed by atoms with Crippen molar-refractivity contribution in [3.05, 3.63) is 54.1 Å². The molecule has 0 spiro atoms. The van der Waals surface area contributed by atoms with Gasteiger partial charge in [0.25, 0.3) is 0 Å². The smallest absolute Gasteiger partial charge is 0.313 e. The number of rotatable bonds is 6. The Balaban J connectivity index is 1.45. The van der Waals surface area contributed by atoms with Crippen LogP contribution in [0.15, 0.2) is 48.5 Å². The van der Waals surface area contributed by atoms with Gasteiger partial charge in [0.05, 0.1) is 12.8 Å². The van der Waals surface area contributed by atoms with Gasteiger partial charge in [-0.15, -0.1) is 0 Å². The second kappa shape index (κ2) is 9.78. The lowest BCUT2D eigenvalue weighted by Gasteiger charge is -2.28. The molecule has 0 atom stereocenters. The van der Waals surface area contributed by atoms with Crippen LogP contribution >= 0.6 is 0 Å². The molecule has 148 valence electrons. The number of amides is 2. The number of nitrogens with zero attached hydrogens (tertiary/aromatic N) is 1. The summed E-state index contributed by atoms with van der Waals surface area (Å²) in [6.07, 6.45) is 4.50. The average Bonchev–Trinajstić information content (AvgIpc) is 2.75. The van der Waals surface area contributed by atoms with E-state index in [2.05, 4.69) is 39.8 Å². The molecule has 28 heavy (non-hydrogen) atoms. The highest BCUT2D eigenvalue weighted by molar-refractivity contribution is 6.39. The van der Waals surface area contributed by atoms with Crippen molar-refractivity contribution in [3.63, 3.8) is 0 Å². The van der Waals surface area contributed by atoms with Crippen LogP contribution in [0.2, 0.25) is 0 Å². The number of ether oxygens (including phenoxy) is 1. The van der Waals surface area contributed by atoms with E-state index >= 15 is 0 Å². The maximum Gasteiger partial charge on any atom is 0.313 e. The zero-order valence-electron chi connectivity index (χ0n) is 16.2. The van der Waals surface area contributed by atoms with E-state index in [-0.39, 0.29) is 0 Å². The monoisotopic (exact) mass is 381 g/mol. The van der Waals surface area contributed by atoms with Gasteiger partial charge < -0.3 is 20.3 Å². The SMILES string of the molecule is COc1ccccc1NC(=O)C(=O)NCCc1ccc(N2CCCCC2)cc1. The molecular weight excluding hydrogens is 354 g/mol. The fourth-order valence-corrected chi connectivity index (χ4v) is 3.35. The van der Waals surface area contributed by atoms with Gasteiger partial charge in [0, 0.05) is 25.3 Å². The maximum atomic E-state index is 12.1. The van der Waals surface area contributed by atoms with Crippen molar-refractivity contribution in [1.82, 2.24) is 5.32 Å². The summed E-state index contributed by atoms with van der Waals surface area (Å²) in [5.41, 5.74) is 2.85. The van der Waals surface area contributed by atoms with Crippen molar-refractivity contribution in [2.45, 2.75) is 25.7 Å². The molecule has 3 rings (SSSR count). The number of carbonyl (C=O) groups excluding carboxylic acids is 2. The first kappa shape index (κ1) is 19.7. The third-order valence-corrected chi connectivity index (χ3v) is 4.92. The van der Waals surface area contributed by atoms with Gasteiger partial charge in [0.1, 0.15) is 5.75 Å². The summed E-state index contributed by atoms with van der Waals surface area (Å²) >= 11 is 0. The molecular formula is C22H27N3O3. The molecule has 0 aliphatic carbocycles. The lowest BCUT2D eigenvalue weighted by Crippen LogP contribution is -2.36. The molecule has 0 aromatic heterocycles. The van der Waals surface area contributed by atoms with Crippen LogP contribution in [0.5, 0.6) is 5.75 Å². The van der Waals surface area contributed by atoms with E-state index < -0.39 is 11.8 Å². The van der Waals surface area contributed by atoms with E-state index in [1.165, 1.54) is 32.1 Å². The first-order valence-electron chi connectivity index (χ1n) is 9.73. The highest BCUT2D eigenvalue weighted by atomic mass is 16.5. The molecule has 1 aliphatic rings. The molecule has 2 N–H and O–H groups in total. The summed E-state index contributed by atoms with van der Waals surface area (Å²) in [5.74, 6) is -0.849. The highest BCUT2D eigenvalue weighted by Crippen LogP contribution is 2.23. The Kier molecular flexibility index (Phi) is 6.89. The summed E-state index contributed by atoms with van der Waals surface area (Å²) in [6, 6.07) is 15.4. The standard InChI is InChI=1S/C22H27N3O3/c1-28-20-8-4-3-7-19(20)24-22(27)21(26)23-14-13-17-9-11-18(12-10-17)25-15-5-2-6-16-25/h3-4,7-12H,2,5-6,13-16H2,1H3,(H,23,26)(H,24,27). The summed E-state index contributed by atoms with van der Waals surface area (Å²) in [6.45, 7) is 2.65. The van der Waals surface area contributed by atoms with Crippen LogP contribution in [0, 0.1) is 0 Å². The Morgan fingerprint density at radius 2 is 1.68 bits per heavy atom. The van der Waals surface area contributed by atoms with E-state index in [4.69, 9.17) is 4.74 Å². The molecule has 0 saturated carbocycles. The van der Waals surface area contributed by atoms with Crippen LogP contribution in [0.3, 0.4) is 0 Å². The summed E-state index contributed by atoms with van der Waals surface area (Å²) in [5, 5.41) is 5.24. The van der Waals surface area contributed by atoms with E-state index in [1.807, 2.05) is 0 Å². The molecule has 1 saturated heterocycles. The number of nitrogens with one attached hydrogen (secondary N) is 2. The van der Waals surface area contributed by atoms with Crippen LogP contribution < -0.4 is 20.3 Å². The summed E-state index contributed by atoms with van der Waals surface area (Å²) in [7, 11) is 1.52. The topological polar surface area (TPSA) is 70.7 Å². The second-order valence-corrected chi connectivity index (χ2v) is 6.87. The normalized spacial score (nSPS) is 13.7. The molecule has 2 aromatic carbocycles. The average molecular weight is 381 g/mol. The largest absolute Gasteiger partial charge is 0.495 e. The van der Waals surface area contributed by atoms with Crippen LogP contribution in [0.4, 0.5) is 11.4 Å². The Hall–Kier alpha value is -3.02. The number of carbonyl (C=O) groups is 2. The number of anilines is 2. The van der Waals surface area contributed by atoms with Gasteiger partial charge in [-0.25, -0.2) is 0 Å². The Labute approximate surface area is 165 Å².